The standard InChI is InChI=1S/C18H20N4.2C2H4O2.Cu/c1-2-8-14(9-3-1)20-18-17(15-10-4-6-12-19-15)21-16-11-5-7-13-22(16)18;2*1-2(3)4;/h4-7,10-14,20H,1-3,8-9H2;2*1H3,(H,3,4);/q;;;+2/p-2. The zero-order valence-corrected chi connectivity index (χ0v) is 18.4. The number of imidazole rings is 1. The van der Waals surface area contributed by atoms with Crippen LogP contribution in [0.5, 0.6) is 0 Å². The van der Waals surface area contributed by atoms with E-state index >= 15 is 0 Å². The van der Waals surface area contributed by atoms with Crippen molar-refractivity contribution in [3.8, 4) is 11.4 Å². The van der Waals surface area contributed by atoms with E-state index in [-0.39, 0.29) is 17.1 Å². The van der Waals surface area contributed by atoms with Gasteiger partial charge in [0, 0.05) is 30.4 Å². The molecular formula is C22H26CuN4O4. The SMILES string of the molecule is CC(=O)[O-].CC(=O)[O-].[Cu+2].c1ccc(-c2nc3ccccn3c2NC2CCCCC2)nc1. The third kappa shape index (κ3) is 8.78. The van der Waals surface area contributed by atoms with Gasteiger partial charge in [0.2, 0.25) is 0 Å². The maximum atomic E-state index is 8.89. The molecule has 1 aliphatic rings. The Bertz CT molecular complexity index is 937. The number of nitrogens with zero attached hydrogens (tertiary/aromatic N) is 3. The molecule has 9 heteroatoms. The van der Waals surface area contributed by atoms with Gasteiger partial charge >= 0.3 is 17.1 Å². The average Bonchev–Trinajstić information content (AvgIpc) is 3.07. The van der Waals surface area contributed by atoms with Crippen molar-refractivity contribution in [2.45, 2.75) is 52.0 Å². The number of carboxylic acids is 2. The van der Waals surface area contributed by atoms with Crippen LogP contribution in [0.15, 0.2) is 48.8 Å². The largest absolute Gasteiger partial charge is 2.00 e. The maximum Gasteiger partial charge on any atom is 2.00 e. The molecule has 3 aromatic rings. The molecule has 1 radical (unpaired) electrons. The first kappa shape index (κ1) is 26.1. The number of hydrogen-bond acceptors (Lipinski definition) is 7. The molecule has 31 heavy (non-hydrogen) atoms. The van der Waals surface area contributed by atoms with E-state index in [0.717, 1.165) is 36.7 Å². The first-order valence-corrected chi connectivity index (χ1v) is 9.88. The van der Waals surface area contributed by atoms with Crippen LogP contribution in [0.1, 0.15) is 46.0 Å². The van der Waals surface area contributed by atoms with Gasteiger partial charge in [-0.15, -0.1) is 0 Å². The van der Waals surface area contributed by atoms with Crippen molar-refractivity contribution < 1.29 is 36.9 Å². The molecule has 4 rings (SSSR count). The number of rotatable bonds is 3. The van der Waals surface area contributed by atoms with Gasteiger partial charge in [-0.1, -0.05) is 31.4 Å². The zero-order valence-electron chi connectivity index (χ0n) is 17.5. The summed E-state index contributed by atoms with van der Waals surface area (Å²) in [5, 5.41) is 21.5. The number of carbonyl (C=O) groups is 2. The van der Waals surface area contributed by atoms with E-state index in [4.69, 9.17) is 24.8 Å². The van der Waals surface area contributed by atoms with Crippen LogP contribution in [-0.4, -0.2) is 32.3 Å². The summed E-state index contributed by atoms with van der Waals surface area (Å²) in [6, 6.07) is 12.6. The molecule has 0 bridgehead atoms. The summed E-state index contributed by atoms with van der Waals surface area (Å²) in [5.74, 6) is -1.10. The van der Waals surface area contributed by atoms with E-state index in [1.54, 1.807) is 0 Å². The van der Waals surface area contributed by atoms with E-state index in [1.165, 1.54) is 32.1 Å². The van der Waals surface area contributed by atoms with Crippen LogP contribution in [-0.2, 0) is 26.7 Å². The van der Waals surface area contributed by atoms with Gasteiger partial charge < -0.3 is 25.1 Å². The molecule has 0 aromatic carbocycles. The Morgan fingerprint density at radius 2 is 1.61 bits per heavy atom. The molecule has 0 spiro atoms. The molecule has 8 nitrogen and oxygen atoms in total. The van der Waals surface area contributed by atoms with Crippen molar-refractivity contribution in [2.75, 3.05) is 5.32 Å². The van der Waals surface area contributed by atoms with Crippen molar-refractivity contribution in [2.24, 2.45) is 0 Å². The number of fused-ring (bicyclic) bond motifs is 1. The number of anilines is 1. The molecule has 3 heterocycles. The van der Waals surface area contributed by atoms with Crippen LogP contribution in [0.3, 0.4) is 0 Å². The minimum absolute atomic E-state index is 0. The summed E-state index contributed by atoms with van der Waals surface area (Å²) in [4.78, 5) is 27.0. The van der Waals surface area contributed by atoms with Crippen molar-refractivity contribution in [3.05, 3.63) is 48.8 Å². The van der Waals surface area contributed by atoms with E-state index in [0.29, 0.717) is 6.04 Å². The zero-order chi connectivity index (χ0) is 21.9. The number of pyridine rings is 2. The quantitative estimate of drug-likeness (QED) is 0.573. The van der Waals surface area contributed by atoms with E-state index in [9.17, 15) is 0 Å². The Morgan fingerprint density at radius 1 is 1.00 bits per heavy atom. The number of hydrogen-bond donors (Lipinski definition) is 1. The fraction of sp³-hybridized carbons (Fsp3) is 0.364. The Balaban J connectivity index is 0.000000465. The molecule has 0 aliphatic heterocycles. The van der Waals surface area contributed by atoms with Gasteiger partial charge in [0.1, 0.15) is 17.2 Å². The first-order chi connectivity index (χ1) is 14.4. The monoisotopic (exact) mass is 473 g/mol. The predicted octanol–water partition coefficient (Wildman–Crippen LogP) is 1.65. The number of nitrogens with one attached hydrogen (secondary N) is 1. The van der Waals surface area contributed by atoms with Crippen molar-refractivity contribution >= 4 is 23.4 Å². The molecule has 1 fully saturated rings. The van der Waals surface area contributed by atoms with Gasteiger partial charge in [0.15, 0.2) is 0 Å². The minimum Gasteiger partial charge on any atom is -0.550 e. The summed E-state index contributed by atoms with van der Waals surface area (Å²) in [5.41, 5.74) is 2.82. The molecule has 0 amide bonds. The van der Waals surface area contributed by atoms with Gasteiger partial charge in [-0.25, -0.2) is 4.98 Å². The molecule has 0 atom stereocenters. The molecule has 0 unspecified atom stereocenters. The van der Waals surface area contributed by atoms with Crippen LogP contribution in [0.25, 0.3) is 17.0 Å². The molecular weight excluding hydrogens is 448 g/mol. The van der Waals surface area contributed by atoms with Crippen LogP contribution in [0.2, 0.25) is 0 Å². The molecule has 169 valence electrons. The summed E-state index contributed by atoms with van der Waals surface area (Å²) in [6.07, 6.45) is 10.4. The van der Waals surface area contributed by atoms with Crippen molar-refractivity contribution in [1.82, 2.24) is 14.4 Å². The Labute approximate surface area is 192 Å². The van der Waals surface area contributed by atoms with E-state index in [2.05, 4.69) is 20.9 Å². The van der Waals surface area contributed by atoms with Crippen LogP contribution < -0.4 is 15.5 Å². The van der Waals surface area contributed by atoms with Crippen molar-refractivity contribution in [1.29, 1.82) is 0 Å². The third-order valence-electron chi connectivity index (χ3n) is 4.38. The van der Waals surface area contributed by atoms with Crippen LogP contribution >= 0.6 is 0 Å². The molecule has 1 saturated carbocycles. The Kier molecular flexibility index (Phi) is 11.3. The summed E-state index contributed by atoms with van der Waals surface area (Å²) < 4.78 is 2.14. The normalized spacial score (nSPS) is 13.0. The van der Waals surface area contributed by atoms with Gasteiger partial charge in [0.25, 0.3) is 0 Å². The number of carbonyl (C=O) groups excluding carboxylic acids is 2. The van der Waals surface area contributed by atoms with Crippen LogP contribution in [0, 0.1) is 0 Å². The summed E-state index contributed by atoms with van der Waals surface area (Å²) in [7, 11) is 0. The van der Waals surface area contributed by atoms with Crippen molar-refractivity contribution in [3.63, 3.8) is 0 Å². The average molecular weight is 474 g/mol. The maximum absolute atomic E-state index is 8.89. The number of carboxylic acid groups (broad SMARTS) is 2. The second-order valence-electron chi connectivity index (χ2n) is 6.92. The second-order valence-corrected chi connectivity index (χ2v) is 6.92. The fourth-order valence-corrected chi connectivity index (χ4v) is 3.26. The van der Waals surface area contributed by atoms with Gasteiger partial charge in [-0.2, -0.15) is 0 Å². The topological polar surface area (TPSA) is 122 Å². The predicted molar refractivity (Wildman–Crippen MR) is 110 cm³/mol. The third-order valence-corrected chi connectivity index (χ3v) is 4.38. The fourth-order valence-electron chi connectivity index (χ4n) is 3.26. The molecule has 3 aromatic heterocycles. The first-order valence-electron chi connectivity index (χ1n) is 9.88. The Hall–Kier alpha value is -2.90. The molecule has 1 N–H and O–H groups in total. The molecule has 0 saturated heterocycles. The van der Waals surface area contributed by atoms with Gasteiger partial charge in [-0.05, 0) is 51.0 Å². The van der Waals surface area contributed by atoms with Gasteiger partial charge in [-0.3, -0.25) is 9.38 Å². The second kappa shape index (κ2) is 13.4. The van der Waals surface area contributed by atoms with Crippen LogP contribution in [0.4, 0.5) is 5.82 Å². The van der Waals surface area contributed by atoms with E-state index < -0.39 is 11.9 Å². The molecule has 1 aliphatic carbocycles. The number of aliphatic carboxylic acids is 2. The summed E-state index contributed by atoms with van der Waals surface area (Å²) in [6.45, 7) is 1.94. The minimum atomic E-state index is -1.08. The van der Waals surface area contributed by atoms with Gasteiger partial charge in [0.05, 0.1) is 5.69 Å². The smallest absolute Gasteiger partial charge is 0.550 e. The number of aromatic nitrogens is 3. The Morgan fingerprint density at radius 3 is 2.19 bits per heavy atom. The summed E-state index contributed by atoms with van der Waals surface area (Å²) >= 11 is 0. The van der Waals surface area contributed by atoms with E-state index in [1.807, 2.05) is 42.6 Å².